The average molecular weight is 407 g/mol. The number of hydrogen-bond acceptors (Lipinski definition) is 2. The van der Waals surface area contributed by atoms with Crippen LogP contribution < -0.4 is 11.5 Å². The molecule has 0 aromatic rings. The highest BCUT2D eigenvalue weighted by Gasteiger charge is 1.92. The van der Waals surface area contributed by atoms with Crippen LogP contribution in [0.25, 0.3) is 0 Å². The minimum atomic E-state index is 0. The van der Waals surface area contributed by atoms with Gasteiger partial charge in [-0.1, -0.05) is 117 Å². The molecule has 0 aromatic carbocycles. The van der Waals surface area contributed by atoms with E-state index in [1.54, 1.807) is 0 Å². The first kappa shape index (κ1) is 35.3. The minimum absolute atomic E-state index is 0. The van der Waals surface area contributed by atoms with E-state index >= 15 is 0 Å². The largest absolute Gasteiger partial charge is 0.870 e. The van der Waals surface area contributed by atoms with E-state index in [1.165, 1.54) is 128 Å². The van der Waals surface area contributed by atoms with Crippen molar-refractivity contribution in [2.24, 2.45) is 0 Å². The summed E-state index contributed by atoms with van der Waals surface area (Å²) in [5.41, 5.74) is 7.71. The fraction of sp³-hybridized carbons (Fsp3) is 1.00. The molecule has 0 saturated heterocycles. The molecule has 0 rings (SSSR count). The Labute approximate surface area is 178 Å². The van der Waals surface area contributed by atoms with Gasteiger partial charge in [0.05, 0.1) is 13.1 Å². The number of rotatable bonds is 20. The third-order valence-electron chi connectivity index (χ3n) is 5.21. The van der Waals surface area contributed by atoms with Crippen molar-refractivity contribution in [2.45, 2.75) is 142 Å². The van der Waals surface area contributed by atoms with Crippen LogP contribution in [0.3, 0.4) is 0 Å². The van der Waals surface area contributed by atoms with Crippen molar-refractivity contribution < 1.29 is 22.4 Å². The molecule has 4 heteroatoms. The van der Waals surface area contributed by atoms with Crippen molar-refractivity contribution in [2.75, 3.05) is 13.1 Å². The van der Waals surface area contributed by atoms with Crippen molar-refractivity contribution in [3.8, 4) is 0 Å². The number of quaternary nitrogens is 2. The van der Waals surface area contributed by atoms with Crippen molar-refractivity contribution in [3.05, 3.63) is 0 Å². The van der Waals surface area contributed by atoms with E-state index in [0.717, 1.165) is 13.1 Å². The quantitative estimate of drug-likeness (QED) is 0.243. The van der Waals surface area contributed by atoms with Gasteiger partial charge in [0.2, 0.25) is 0 Å². The zero-order valence-corrected chi connectivity index (χ0v) is 19.9. The maximum Gasteiger partial charge on any atom is 0.0739 e. The molecular weight excluding hydrogens is 348 g/mol. The third-order valence-corrected chi connectivity index (χ3v) is 5.21. The second-order valence-electron chi connectivity index (χ2n) is 8.07. The lowest BCUT2D eigenvalue weighted by atomic mass is 10.1. The van der Waals surface area contributed by atoms with Crippen LogP contribution in [-0.2, 0) is 0 Å². The maximum absolute atomic E-state index is 3.85. The molecule has 0 aromatic heterocycles. The standard InChI is InChI=1S/2C12H27N.2H2O/c2*1-2-3-4-5-6-7-8-9-10-11-12-13;;/h2*2-13H2,1H3;2*1H2. The molecule has 0 spiro atoms. The lowest BCUT2D eigenvalue weighted by Gasteiger charge is -2.00. The van der Waals surface area contributed by atoms with Gasteiger partial charge in [-0.25, -0.2) is 0 Å². The summed E-state index contributed by atoms with van der Waals surface area (Å²) in [5.74, 6) is 0. The van der Waals surface area contributed by atoms with Gasteiger partial charge < -0.3 is 22.4 Å². The van der Waals surface area contributed by atoms with E-state index in [-0.39, 0.29) is 11.0 Å². The summed E-state index contributed by atoms with van der Waals surface area (Å²) in [6.07, 6.45) is 28.5. The van der Waals surface area contributed by atoms with Crippen molar-refractivity contribution in [1.82, 2.24) is 0 Å². The Bertz CT molecular complexity index is 175. The van der Waals surface area contributed by atoms with Gasteiger partial charge in [-0.15, -0.1) is 0 Å². The van der Waals surface area contributed by atoms with Crippen molar-refractivity contribution in [1.29, 1.82) is 0 Å². The predicted molar refractivity (Wildman–Crippen MR) is 123 cm³/mol. The molecule has 0 unspecified atom stereocenters. The summed E-state index contributed by atoms with van der Waals surface area (Å²) in [5, 5.41) is 0. The van der Waals surface area contributed by atoms with Crippen LogP contribution in [0, 0.1) is 0 Å². The topological polar surface area (TPSA) is 115 Å². The molecule has 0 radical (unpaired) electrons. The van der Waals surface area contributed by atoms with Crippen molar-refractivity contribution in [3.63, 3.8) is 0 Å². The van der Waals surface area contributed by atoms with Crippen molar-refractivity contribution >= 4 is 0 Å². The first-order valence-electron chi connectivity index (χ1n) is 12.4. The number of hydrogen-bond donors (Lipinski definition) is 2. The average Bonchev–Trinajstić information content (AvgIpc) is 2.66. The van der Waals surface area contributed by atoms with Crippen LogP contribution in [0.2, 0.25) is 0 Å². The molecule has 8 N–H and O–H groups in total. The summed E-state index contributed by atoms with van der Waals surface area (Å²) in [6.45, 7) is 6.80. The van der Waals surface area contributed by atoms with Gasteiger partial charge in [0.15, 0.2) is 0 Å². The highest BCUT2D eigenvalue weighted by atomic mass is 16.0. The Morgan fingerprint density at radius 3 is 0.679 bits per heavy atom. The smallest absolute Gasteiger partial charge is 0.0739 e. The normalized spacial score (nSPS) is 9.86. The molecule has 0 amide bonds. The molecule has 4 nitrogen and oxygen atoms in total. The van der Waals surface area contributed by atoms with E-state index in [1.807, 2.05) is 0 Å². The van der Waals surface area contributed by atoms with Gasteiger partial charge in [0.1, 0.15) is 0 Å². The second kappa shape index (κ2) is 37.6. The van der Waals surface area contributed by atoms with Crippen LogP contribution in [0.15, 0.2) is 0 Å². The molecule has 176 valence electrons. The highest BCUT2D eigenvalue weighted by Crippen LogP contribution is 2.10. The number of unbranched alkanes of at least 4 members (excludes halogenated alkanes) is 18. The molecule has 0 aliphatic carbocycles. The van der Waals surface area contributed by atoms with E-state index in [9.17, 15) is 0 Å². The molecule has 0 heterocycles. The maximum atomic E-state index is 3.85. The highest BCUT2D eigenvalue weighted by molar-refractivity contribution is 4.47. The predicted octanol–water partition coefficient (Wildman–Crippen LogP) is 5.94. The summed E-state index contributed by atoms with van der Waals surface area (Å²) < 4.78 is 0. The first-order chi connectivity index (χ1) is 12.8. The molecule has 0 aliphatic rings. The van der Waals surface area contributed by atoms with Gasteiger partial charge >= 0.3 is 0 Å². The van der Waals surface area contributed by atoms with Gasteiger partial charge in [-0.2, -0.15) is 0 Å². The van der Waals surface area contributed by atoms with Crippen LogP contribution >= 0.6 is 0 Å². The van der Waals surface area contributed by atoms with Crippen LogP contribution in [-0.4, -0.2) is 24.0 Å². The van der Waals surface area contributed by atoms with E-state index < -0.39 is 0 Å². The lowest BCUT2D eigenvalue weighted by Crippen LogP contribution is -2.50. The van der Waals surface area contributed by atoms with Gasteiger partial charge in [0, 0.05) is 0 Å². The SMILES string of the molecule is CCCCCCCCCCCC[NH3+].CCCCCCCCCCCC[NH3+].[OH-].[OH-]. The van der Waals surface area contributed by atoms with Gasteiger partial charge in [0.25, 0.3) is 0 Å². The minimum Gasteiger partial charge on any atom is -0.870 e. The summed E-state index contributed by atoms with van der Waals surface area (Å²) in [6, 6.07) is 0. The summed E-state index contributed by atoms with van der Waals surface area (Å²) >= 11 is 0. The molecule has 0 saturated carbocycles. The first-order valence-corrected chi connectivity index (χ1v) is 12.4. The van der Waals surface area contributed by atoms with E-state index in [4.69, 9.17) is 0 Å². The second-order valence-corrected chi connectivity index (χ2v) is 8.07. The summed E-state index contributed by atoms with van der Waals surface area (Å²) in [4.78, 5) is 0. The Hall–Kier alpha value is -0.160. The molecular formula is C24H58N2O2. The monoisotopic (exact) mass is 406 g/mol. The van der Waals surface area contributed by atoms with Crippen LogP contribution in [0.1, 0.15) is 142 Å². The Kier molecular flexibility index (Phi) is 47.4. The molecule has 0 atom stereocenters. The Morgan fingerprint density at radius 1 is 0.321 bits per heavy atom. The Morgan fingerprint density at radius 2 is 0.500 bits per heavy atom. The molecule has 0 bridgehead atoms. The van der Waals surface area contributed by atoms with Gasteiger partial charge in [-0.05, 0) is 25.7 Å². The fourth-order valence-corrected chi connectivity index (χ4v) is 3.33. The molecule has 0 fully saturated rings. The van der Waals surface area contributed by atoms with Crippen LogP contribution in [0.4, 0.5) is 0 Å². The fourth-order valence-electron chi connectivity index (χ4n) is 3.33. The third kappa shape index (κ3) is 40.5. The summed E-state index contributed by atoms with van der Waals surface area (Å²) in [7, 11) is 0. The van der Waals surface area contributed by atoms with Gasteiger partial charge in [-0.3, -0.25) is 0 Å². The zero-order valence-electron chi connectivity index (χ0n) is 19.9. The van der Waals surface area contributed by atoms with E-state index in [2.05, 4.69) is 25.3 Å². The molecule has 0 aliphatic heterocycles. The lowest BCUT2D eigenvalue weighted by molar-refractivity contribution is -0.368. The Balaban J connectivity index is -0.000000192. The van der Waals surface area contributed by atoms with E-state index in [0.29, 0.717) is 0 Å². The van der Waals surface area contributed by atoms with Crippen LogP contribution in [0.5, 0.6) is 0 Å². The zero-order chi connectivity index (χ0) is 19.6. The molecule has 28 heavy (non-hydrogen) atoms.